The fourth-order valence-electron chi connectivity index (χ4n) is 3.89. The summed E-state index contributed by atoms with van der Waals surface area (Å²) in [5, 5.41) is 4.92. The number of piperidine rings is 2. The molecule has 2 aliphatic heterocycles. The number of carbonyl (C=O) groups is 2. The van der Waals surface area contributed by atoms with E-state index in [1.165, 1.54) is 13.8 Å². The summed E-state index contributed by atoms with van der Waals surface area (Å²) in [6, 6.07) is 0.146. The topological polar surface area (TPSA) is 69.9 Å². The first-order valence-electron chi connectivity index (χ1n) is 8.71. The van der Waals surface area contributed by atoms with Crippen molar-refractivity contribution in [1.82, 2.24) is 10.2 Å². The molecule has 0 N–H and O–H groups in total. The van der Waals surface area contributed by atoms with Crippen LogP contribution in [0.3, 0.4) is 0 Å². The molecule has 131 valence electrons. The minimum Gasteiger partial charge on any atom is -0.464 e. The summed E-state index contributed by atoms with van der Waals surface area (Å²) < 4.78 is 10.8. The van der Waals surface area contributed by atoms with E-state index in [-0.39, 0.29) is 24.1 Å². The maximum atomic E-state index is 11.5. The van der Waals surface area contributed by atoms with Gasteiger partial charge in [0.25, 0.3) is 0 Å². The average Bonchev–Trinajstić information content (AvgIpc) is 2.53. The van der Waals surface area contributed by atoms with Gasteiger partial charge in [0.05, 0.1) is 0 Å². The molecule has 6 heteroatoms. The van der Waals surface area contributed by atoms with Gasteiger partial charge in [-0.25, -0.2) is 5.32 Å². The predicted octanol–water partition coefficient (Wildman–Crippen LogP) is 1.84. The van der Waals surface area contributed by atoms with Gasteiger partial charge in [-0.05, 0) is 39.0 Å². The SMILES string of the molecule is CC(=O)OCC1CCCCN1C1(C(C)OC(C)=O)CCCC[N]1. The highest BCUT2D eigenvalue weighted by atomic mass is 16.5. The molecule has 6 nitrogen and oxygen atoms in total. The molecule has 0 aromatic heterocycles. The monoisotopic (exact) mass is 325 g/mol. The maximum Gasteiger partial charge on any atom is 0.303 e. The van der Waals surface area contributed by atoms with Gasteiger partial charge in [0, 0.05) is 33.0 Å². The van der Waals surface area contributed by atoms with Crippen molar-refractivity contribution in [2.75, 3.05) is 19.7 Å². The van der Waals surface area contributed by atoms with Crippen LogP contribution in [0.4, 0.5) is 0 Å². The molecular weight excluding hydrogens is 296 g/mol. The minimum absolute atomic E-state index is 0.146. The van der Waals surface area contributed by atoms with Crippen LogP contribution in [0.5, 0.6) is 0 Å². The fourth-order valence-corrected chi connectivity index (χ4v) is 3.89. The number of carbonyl (C=O) groups excluding carboxylic acids is 2. The number of hydrogen-bond acceptors (Lipinski definition) is 5. The Morgan fingerprint density at radius 2 is 2.00 bits per heavy atom. The summed E-state index contributed by atoms with van der Waals surface area (Å²) in [5.74, 6) is -0.524. The molecule has 0 saturated carbocycles. The van der Waals surface area contributed by atoms with Gasteiger partial charge in [0.15, 0.2) is 0 Å². The van der Waals surface area contributed by atoms with Crippen LogP contribution in [0.1, 0.15) is 59.3 Å². The molecule has 23 heavy (non-hydrogen) atoms. The number of rotatable bonds is 5. The zero-order valence-corrected chi connectivity index (χ0v) is 14.5. The molecular formula is C17H29N2O4. The fraction of sp³-hybridized carbons (Fsp3) is 0.882. The zero-order chi connectivity index (χ0) is 16.9. The lowest BCUT2D eigenvalue weighted by Gasteiger charge is -2.52. The summed E-state index contributed by atoms with van der Waals surface area (Å²) in [4.78, 5) is 25.0. The van der Waals surface area contributed by atoms with Crippen molar-refractivity contribution in [2.45, 2.75) is 77.1 Å². The maximum absolute atomic E-state index is 11.5. The van der Waals surface area contributed by atoms with Crippen LogP contribution in [0.25, 0.3) is 0 Å². The molecule has 2 saturated heterocycles. The molecule has 2 heterocycles. The highest BCUT2D eigenvalue weighted by Gasteiger charge is 2.48. The van der Waals surface area contributed by atoms with Crippen molar-refractivity contribution < 1.29 is 19.1 Å². The summed E-state index contributed by atoms with van der Waals surface area (Å²) in [7, 11) is 0. The largest absolute Gasteiger partial charge is 0.464 e. The number of nitrogens with zero attached hydrogens (tertiary/aromatic N) is 2. The predicted molar refractivity (Wildman–Crippen MR) is 85.8 cm³/mol. The Labute approximate surface area is 138 Å². The van der Waals surface area contributed by atoms with E-state index < -0.39 is 5.66 Å². The molecule has 0 aromatic rings. The lowest BCUT2D eigenvalue weighted by Crippen LogP contribution is -2.68. The molecule has 0 spiro atoms. The van der Waals surface area contributed by atoms with Crippen LogP contribution in [0, 0.1) is 0 Å². The number of hydrogen-bond donors (Lipinski definition) is 0. The molecule has 2 aliphatic rings. The highest BCUT2D eigenvalue weighted by molar-refractivity contribution is 5.66. The summed E-state index contributed by atoms with van der Waals surface area (Å²) >= 11 is 0. The average molecular weight is 325 g/mol. The lowest BCUT2D eigenvalue weighted by atomic mass is 9.86. The summed E-state index contributed by atoms with van der Waals surface area (Å²) in [6.07, 6.45) is 5.96. The van der Waals surface area contributed by atoms with Gasteiger partial charge in [-0.2, -0.15) is 0 Å². The van der Waals surface area contributed by atoms with E-state index in [9.17, 15) is 9.59 Å². The number of esters is 2. The Bertz CT molecular complexity index is 421. The van der Waals surface area contributed by atoms with Crippen molar-refractivity contribution in [3.63, 3.8) is 0 Å². The zero-order valence-electron chi connectivity index (χ0n) is 14.5. The molecule has 0 aromatic carbocycles. The van der Waals surface area contributed by atoms with E-state index in [1.54, 1.807) is 0 Å². The third-order valence-electron chi connectivity index (χ3n) is 4.94. The number of likely N-dealkylation sites (tertiary alicyclic amines) is 1. The van der Waals surface area contributed by atoms with Crippen LogP contribution in [0.2, 0.25) is 0 Å². The molecule has 3 unspecified atom stereocenters. The Hall–Kier alpha value is -1.14. The van der Waals surface area contributed by atoms with E-state index in [0.717, 1.165) is 51.6 Å². The standard InChI is InChI=1S/C17H29N2O4/c1-13(23-15(3)21)17(9-5-6-10-18-17)19-11-7-4-8-16(19)12-22-14(2)20/h13,16H,4-12H2,1-3H3. The van der Waals surface area contributed by atoms with Gasteiger partial charge >= 0.3 is 11.9 Å². The van der Waals surface area contributed by atoms with E-state index in [4.69, 9.17) is 14.8 Å². The number of ether oxygens (including phenoxy) is 2. The summed E-state index contributed by atoms with van der Waals surface area (Å²) in [6.45, 7) is 6.91. The van der Waals surface area contributed by atoms with E-state index in [2.05, 4.69) is 4.90 Å². The lowest BCUT2D eigenvalue weighted by molar-refractivity contribution is -0.167. The van der Waals surface area contributed by atoms with Gasteiger partial charge in [-0.15, -0.1) is 0 Å². The first kappa shape index (κ1) is 18.2. The molecule has 0 bridgehead atoms. The third kappa shape index (κ3) is 4.44. The highest BCUT2D eigenvalue weighted by Crippen LogP contribution is 2.35. The molecule has 1 radical (unpaired) electrons. The van der Waals surface area contributed by atoms with Crippen molar-refractivity contribution >= 4 is 11.9 Å². The van der Waals surface area contributed by atoms with Crippen LogP contribution in [-0.2, 0) is 19.1 Å². The van der Waals surface area contributed by atoms with Gasteiger partial charge in [0.1, 0.15) is 18.4 Å². The molecule has 3 atom stereocenters. The Balaban J connectivity index is 2.20. The molecule has 2 rings (SSSR count). The Morgan fingerprint density at radius 1 is 1.22 bits per heavy atom. The van der Waals surface area contributed by atoms with Gasteiger partial charge in [0.2, 0.25) is 0 Å². The second-order valence-electron chi connectivity index (χ2n) is 6.61. The van der Waals surface area contributed by atoms with Crippen molar-refractivity contribution in [2.24, 2.45) is 0 Å². The summed E-state index contributed by atoms with van der Waals surface area (Å²) in [5.41, 5.74) is -0.477. The van der Waals surface area contributed by atoms with Gasteiger partial charge in [-0.1, -0.05) is 6.42 Å². The third-order valence-corrected chi connectivity index (χ3v) is 4.94. The van der Waals surface area contributed by atoms with E-state index in [1.807, 2.05) is 6.92 Å². The molecule has 2 fully saturated rings. The van der Waals surface area contributed by atoms with Crippen molar-refractivity contribution in [1.29, 1.82) is 0 Å². The van der Waals surface area contributed by atoms with Crippen molar-refractivity contribution in [3.8, 4) is 0 Å². The second kappa shape index (κ2) is 8.11. The molecule has 0 amide bonds. The van der Waals surface area contributed by atoms with Gasteiger partial charge < -0.3 is 9.47 Å². The minimum atomic E-state index is -0.477. The van der Waals surface area contributed by atoms with Crippen LogP contribution >= 0.6 is 0 Å². The first-order valence-corrected chi connectivity index (χ1v) is 8.71. The quantitative estimate of drug-likeness (QED) is 0.721. The Morgan fingerprint density at radius 3 is 2.61 bits per heavy atom. The van der Waals surface area contributed by atoms with E-state index in [0.29, 0.717) is 6.61 Å². The van der Waals surface area contributed by atoms with Crippen LogP contribution < -0.4 is 5.32 Å². The van der Waals surface area contributed by atoms with Crippen LogP contribution in [0.15, 0.2) is 0 Å². The van der Waals surface area contributed by atoms with Crippen molar-refractivity contribution in [3.05, 3.63) is 0 Å². The first-order chi connectivity index (χ1) is 11.0. The Kier molecular flexibility index (Phi) is 6.41. The smallest absolute Gasteiger partial charge is 0.303 e. The normalized spacial score (nSPS) is 30.5. The van der Waals surface area contributed by atoms with E-state index >= 15 is 0 Å². The second-order valence-corrected chi connectivity index (χ2v) is 6.61. The van der Waals surface area contributed by atoms with Gasteiger partial charge in [-0.3, -0.25) is 14.5 Å². The van der Waals surface area contributed by atoms with Crippen LogP contribution in [-0.4, -0.2) is 54.3 Å². The molecule has 0 aliphatic carbocycles.